The zero-order chi connectivity index (χ0) is 12.4. The Labute approximate surface area is 109 Å². The smallest absolute Gasteiger partial charge is 0.0240 e. The first-order chi connectivity index (χ1) is 8.86. The summed E-state index contributed by atoms with van der Waals surface area (Å²) in [7, 11) is 0. The quantitative estimate of drug-likeness (QED) is 0.732. The molecule has 0 saturated carbocycles. The molecule has 0 bridgehead atoms. The van der Waals surface area contributed by atoms with Crippen molar-refractivity contribution in [3.63, 3.8) is 0 Å². The second-order valence-corrected chi connectivity index (χ2v) is 5.02. The van der Waals surface area contributed by atoms with Crippen LogP contribution in [0.5, 0.6) is 0 Å². The number of hydrogen-bond acceptors (Lipinski definition) is 1. The Kier molecular flexibility index (Phi) is 3.16. The third kappa shape index (κ3) is 2.19. The van der Waals surface area contributed by atoms with E-state index in [2.05, 4.69) is 60.4 Å². The van der Waals surface area contributed by atoms with Crippen molar-refractivity contribution in [2.45, 2.75) is 26.4 Å². The van der Waals surface area contributed by atoms with Gasteiger partial charge in [0.05, 0.1) is 0 Å². The molecule has 1 aliphatic heterocycles. The van der Waals surface area contributed by atoms with Crippen molar-refractivity contribution in [3.8, 4) is 0 Å². The molecule has 1 nitrogen and oxygen atoms in total. The van der Waals surface area contributed by atoms with Crippen molar-refractivity contribution in [1.29, 1.82) is 0 Å². The van der Waals surface area contributed by atoms with Crippen molar-refractivity contribution in [2.24, 2.45) is 0 Å². The van der Waals surface area contributed by atoms with Gasteiger partial charge in [-0.2, -0.15) is 0 Å². The summed E-state index contributed by atoms with van der Waals surface area (Å²) in [6.07, 6.45) is 1.07. The van der Waals surface area contributed by atoms with Gasteiger partial charge in [0.15, 0.2) is 0 Å². The SMILES string of the molecule is CCN1Cc2ccccc2Cc2ccccc2C1. The first kappa shape index (κ1) is 11.5. The van der Waals surface area contributed by atoms with Crippen molar-refractivity contribution in [3.05, 3.63) is 70.8 Å². The van der Waals surface area contributed by atoms with Crippen LogP contribution in [0.25, 0.3) is 0 Å². The molecule has 2 aromatic rings. The molecule has 0 radical (unpaired) electrons. The predicted molar refractivity (Wildman–Crippen MR) is 75.5 cm³/mol. The average Bonchev–Trinajstić information content (AvgIpc) is 2.39. The summed E-state index contributed by atoms with van der Waals surface area (Å²) < 4.78 is 0. The lowest BCUT2D eigenvalue weighted by atomic mass is 9.94. The molecular weight excluding hydrogens is 218 g/mol. The predicted octanol–water partition coefficient (Wildman–Crippen LogP) is 3.61. The van der Waals surface area contributed by atoms with E-state index in [4.69, 9.17) is 0 Å². The molecule has 1 aliphatic rings. The van der Waals surface area contributed by atoms with Crippen LogP contribution in [0.4, 0.5) is 0 Å². The van der Waals surface area contributed by atoms with Crippen LogP contribution >= 0.6 is 0 Å². The van der Waals surface area contributed by atoms with Gasteiger partial charge in [-0.3, -0.25) is 4.90 Å². The Morgan fingerprint density at radius 3 is 1.67 bits per heavy atom. The lowest BCUT2D eigenvalue weighted by Gasteiger charge is -2.26. The second-order valence-electron chi connectivity index (χ2n) is 5.02. The topological polar surface area (TPSA) is 3.24 Å². The van der Waals surface area contributed by atoms with E-state index in [0.717, 1.165) is 26.1 Å². The highest BCUT2D eigenvalue weighted by atomic mass is 15.1. The zero-order valence-electron chi connectivity index (χ0n) is 10.9. The molecule has 0 atom stereocenters. The largest absolute Gasteiger partial charge is 0.295 e. The second kappa shape index (κ2) is 4.95. The van der Waals surface area contributed by atoms with E-state index in [1.165, 1.54) is 22.3 Å². The molecule has 2 aromatic carbocycles. The standard InChI is InChI=1S/C17H19N/c1-2-18-12-16-9-5-3-7-14(16)11-15-8-4-6-10-17(15)13-18/h3-10H,2,11-13H2,1H3. The maximum absolute atomic E-state index is 2.51. The first-order valence-electron chi connectivity index (χ1n) is 6.72. The van der Waals surface area contributed by atoms with Gasteiger partial charge in [0.2, 0.25) is 0 Å². The Bertz CT molecular complexity index is 497. The summed E-state index contributed by atoms with van der Waals surface area (Å²) in [5.74, 6) is 0. The van der Waals surface area contributed by atoms with Crippen LogP contribution in [0, 0.1) is 0 Å². The highest BCUT2D eigenvalue weighted by molar-refractivity contribution is 5.37. The summed E-state index contributed by atoms with van der Waals surface area (Å²) >= 11 is 0. The number of rotatable bonds is 1. The summed E-state index contributed by atoms with van der Waals surface area (Å²) in [5, 5.41) is 0. The lowest BCUT2D eigenvalue weighted by molar-refractivity contribution is 0.268. The molecule has 1 heteroatoms. The molecule has 0 unspecified atom stereocenters. The molecule has 0 aromatic heterocycles. The number of benzene rings is 2. The van der Waals surface area contributed by atoms with E-state index in [1.807, 2.05) is 0 Å². The summed E-state index contributed by atoms with van der Waals surface area (Å²) in [5.41, 5.74) is 5.91. The fraction of sp³-hybridized carbons (Fsp3) is 0.294. The van der Waals surface area contributed by atoms with Gasteiger partial charge in [0.1, 0.15) is 0 Å². The summed E-state index contributed by atoms with van der Waals surface area (Å²) in [6, 6.07) is 17.7. The summed E-state index contributed by atoms with van der Waals surface area (Å²) in [4.78, 5) is 2.51. The Morgan fingerprint density at radius 1 is 0.778 bits per heavy atom. The Balaban J connectivity index is 2.07. The van der Waals surface area contributed by atoms with Gasteiger partial charge in [0, 0.05) is 13.1 Å². The number of hydrogen-bond donors (Lipinski definition) is 0. The minimum atomic E-state index is 1.07. The maximum atomic E-state index is 2.51. The molecule has 0 fully saturated rings. The van der Waals surface area contributed by atoms with Crippen LogP contribution in [0.3, 0.4) is 0 Å². The van der Waals surface area contributed by atoms with Gasteiger partial charge in [-0.1, -0.05) is 55.5 Å². The van der Waals surface area contributed by atoms with Gasteiger partial charge >= 0.3 is 0 Å². The number of nitrogens with zero attached hydrogens (tertiary/aromatic N) is 1. The van der Waals surface area contributed by atoms with Crippen LogP contribution in [0.1, 0.15) is 29.2 Å². The molecule has 1 heterocycles. The van der Waals surface area contributed by atoms with Crippen molar-refractivity contribution in [2.75, 3.05) is 6.54 Å². The van der Waals surface area contributed by atoms with E-state index < -0.39 is 0 Å². The van der Waals surface area contributed by atoms with Crippen LogP contribution < -0.4 is 0 Å². The van der Waals surface area contributed by atoms with Crippen molar-refractivity contribution in [1.82, 2.24) is 4.90 Å². The van der Waals surface area contributed by atoms with E-state index in [9.17, 15) is 0 Å². The van der Waals surface area contributed by atoms with E-state index in [1.54, 1.807) is 0 Å². The highest BCUT2D eigenvalue weighted by Gasteiger charge is 2.14. The third-order valence-electron chi connectivity index (χ3n) is 3.85. The number of fused-ring (bicyclic) bond motifs is 2. The minimum absolute atomic E-state index is 1.07. The van der Waals surface area contributed by atoms with Crippen molar-refractivity contribution < 1.29 is 0 Å². The van der Waals surface area contributed by atoms with Gasteiger partial charge in [-0.05, 0) is 35.2 Å². The van der Waals surface area contributed by atoms with Crippen LogP contribution in [-0.2, 0) is 19.5 Å². The van der Waals surface area contributed by atoms with E-state index in [-0.39, 0.29) is 0 Å². The Hall–Kier alpha value is -1.60. The van der Waals surface area contributed by atoms with Gasteiger partial charge in [-0.25, -0.2) is 0 Å². The average molecular weight is 237 g/mol. The van der Waals surface area contributed by atoms with Gasteiger partial charge in [-0.15, -0.1) is 0 Å². The fourth-order valence-electron chi connectivity index (χ4n) is 2.73. The molecule has 0 saturated heterocycles. The maximum Gasteiger partial charge on any atom is 0.0240 e. The van der Waals surface area contributed by atoms with Crippen LogP contribution in [-0.4, -0.2) is 11.4 Å². The zero-order valence-corrected chi connectivity index (χ0v) is 10.9. The molecule has 0 aliphatic carbocycles. The lowest BCUT2D eigenvalue weighted by Crippen LogP contribution is -2.25. The first-order valence-corrected chi connectivity index (χ1v) is 6.72. The molecule has 92 valence electrons. The highest BCUT2D eigenvalue weighted by Crippen LogP contribution is 2.23. The monoisotopic (exact) mass is 237 g/mol. The van der Waals surface area contributed by atoms with Gasteiger partial charge in [0.25, 0.3) is 0 Å². The normalized spacial score (nSPS) is 15.4. The van der Waals surface area contributed by atoms with E-state index in [0.29, 0.717) is 0 Å². The molecule has 0 spiro atoms. The molecule has 3 rings (SSSR count). The molecule has 18 heavy (non-hydrogen) atoms. The van der Waals surface area contributed by atoms with Crippen LogP contribution in [0.15, 0.2) is 48.5 Å². The van der Waals surface area contributed by atoms with E-state index >= 15 is 0 Å². The minimum Gasteiger partial charge on any atom is -0.295 e. The molecule has 0 amide bonds. The Morgan fingerprint density at radius 2 is 1.22 bits per heavy atom. The van der Waals surface area contributed by atoms with Gasteiger partial charge < -0.3 is 0 Å². The molecule has 0 N–H and O–H groups in total. The third-order valence-corrected chi connectivity index (χ3v) is 3.85. The fourth-order valence-corrected chi connectivity index (χ4v) is 2.73. The van der Waals surface area contributed by atoms with Crippen molar-refractivity contribution >= 4 is 0 Å². The summed E-state index contributed by atoms with van der Waals surface area (Å²) in [6.45, 7) is 5.48. The van der Waals surface area contributed by atoms with Crippen LogP contribution in [0.2, 0.25) is 0 Å². The molecular formula is C17H19N.